The molecule has 30 heavy (non-hydrogen) atoms. The molecule has 1 aliphatic heterocycles. The van der Waals surface area contributed by atoms with Crippen molar-refractivity contribution in [1.82, 2.24) is 25.3 Å². The zero-order chi connectivity index (χ0) is 20.5. The monoisotopic (exact) mass is 402 g/mol. The van der Waals surface area contributed by atoms with Crippen LogP contribution in [0.2, 0.25) is 0 Å². The van der Waals surface area contributed by atoms with E-state index in [0.717, 1.165) is 48.8 Å². The van der Waals surface area contributed by atoms with Gasteiger partial charge in [-0.05, 0) is 55.8 Å². The van der Waals surface area contributed by atoms with Gasteiger partial charge in [-0.25, -0.2) is 9.78 Å². The highest BCUT2D eigenvalue weighted by atomic mass is 16.5. The number of fused-ring (bicyclic) bond motifs is 1. The maximum atomic E-state index is 12.6. The highest BCUT2D eigenvalue weighted by Crippen LogP contribution is 2.32. The van der Waals surface area contributed by atoms with Crippen molar-refractivity contribution in [1.29, 1.82) is 0 Å². The number of hydrogen-bond donors (Lipinski definition) is 3. The van der Waals surface area contributed by atoms with Crippen LogP contribution in [0.15, 0.2) is 59.4 Å². The molecule has 4 N–H and O–H groups in total. The largest absolute Gasteiger partial charge is 0.457 e. The van der Waals surface area contributed by atoms with Crippen LogP contribution in [-0.4, -0.2) is 33.1 Å². The molecule has 3 heterocycles. The Bertz CT molecular complexity index is 1220. The van der Waals surface area contributed by atoms with Gasteiger partial charge in [-0.15, -0.1) is 0 Å². The topological polar surface area (TPSA) is 111 Å². The second-order valence-corrected chi connectivity index (χ2v) is 7.41. The minimum Gasteiger partial charge on any atom is -0.457 e. The molecule has 1 saturated heterocycles. The molecule has 1 atom stereocenters. The SMILES string of the molecule is Nc1n[nH]c(=O)c2c(C3CCCNC3)n(-c3ccc(Oc4ccccc4)cc3)nc12. The molecule has 0 aliphatic carbocycles. The van der Waals surface area contributed by atoms with Crippen molar-refractivity contribution in [3.8, 4) is 17.2 Å². The van der Waals surface area contributed by atoms with Crippen LogP contribution in [0.25, 0.3) is 16.6 Å². The van der Waals surface area contributed by atoms with E-state index in [4.69, 9.17) is 10.5 Å². The lowest BCUT2D eigenvalue weighted by Crippen LogP contribution is -2.30. The quantitative estimate of drug-likeness (QED) is 0.484. The first-order chi connectivity index (χ1) is 14.7. The number of rotatable bonds is 4. The second-order valence-electron chi connectivity index (χ2n) is 7.41. The molecule has 5 rings (SSSR count). The Morgan fingerprint density at radius 1 is 1.07 bits per heavy atom. The zero-order valence-corrected chi connectivity index (χ0v) is 16.3. The van der Waals surface area contributed by atoms with Crippen molar-refractivity contribution in [2.24, 2.45) is 0 Å². The van der Waals surface area contributed by atoms with Crippen LogP contribution in [0, 0.1) is 0 Å². The number of nitrogens with two attached hydrogens (primary N) is 1. The van der Waals surface area contributed by atoms with Crippen molar-refractivity contribution >= 4 is 16.7 Å². The van der Waals surface area contributed by atoms with Gasteiger partial charge in [0, 0.05) is 12.5 Å². The summed E-state index contributed by atoms with van der Waals surface area (Å²) in [6.45, 7) is 1.77. The molecular weight excluding hydrogens is 380 g/mol. The number of benzene rings is 2. The standard InChI is InChI=1S/C22H22N6O2/c23-21-19-18(22(29)26-25-21)20(14-5-4-12-24-13-14)28(27-19)15-8-10-17(11-9-15)30-16-6-2-1-3-7-16/h1-3,6-11,14,24H,4-5,12-13H2,(H2,23,25)(H,26,29). The van der Waals surface area contributed by atoms with E-state index in [1.807, 2.05) is 59.3 Å². The van der Waals surface area contributed by atoms with Gasteiger partial charge >= 0.3 is 0 Å². The van der Waals surface area contributed by atoms with E-state index in [1.54, 1.807) is 0 Å². The van der Waals surface area contributed by atoms with Gasteiger partial charge in [-0.2, -0.15) is 10.2 Å². The number of hydrogen-bond acceptors (Lipinski definition) is 6. The average molecular weight is 402 g/mol. The summed E-state index contributed by atoms with van der Waals surface area (Å²) in [6, 6.07) is 17.3. The smallest absolute Gasteiger partial charge is 0.275 e. The maximum Gasteiger partial charge on any atom is 0.275 e. The molecule has 0 bridgehead atoms. The number of nitrogens with zero attached hydrogens (tertiary/aromatic N) is 3. The van der Waals surface area contributed by atoms with Crippen molar-refractivity contribution in [3.63, 3.8) is 0 Å². The molecule has 2 aromatic carbocycles. The summed E-state index contributed by atoms with van der Waals surface area (Å²) in [7, 11) is 0. The van der Waals surface area contributed by atoms with Crippen molar-refractivity contribution in [2.75, 3.05) is 18.8 Å². The maximum absolute atomic E-state index is 12.6. The molecule has 1 aliphatic rings. The highest BCUT2D eigenvalue weighted by Gasteiger charge is 2.26. The first-order valence-corrected chi connectivity index (χ1v) is 10.0. The fraction of sp³-hybridized carbons (Fsp3) is 0.227. The molecule has 4 aromatic rings. The van der Waals surface area contributed by atoms with Crippen LogP contribution < -0.4 is 21.3 Å². The molecule has 0 spiro atoms. The normalized spacial score (nSPS) is 16.6. The zero-order valence-electron chi connectivity index (χ0n) is 16.3. The summed E-state index contributed by atoms with van der Waals surface area (Å²) in [5.74, 6) is 1.88. The van der Waals surface area contributed by atoms with Gasteiger partial charge in [0.2, 0.25) is 0 Å². The van der Waals surface area contributed by atoms with Gasteiger partial charge in [0.25, 0.3) is 5.56 Å². The van der Waals surface area contributed by atoms with Crippen LogP contribution in [0.3, 0.4) is 0 Å². The molecule has 0 saturated carbocycles. The summed E-state index contributed by atoms with van der Waals surface area (Å²) in [5.41, 5.74) is 7.90. The Morgan fingerprint density at radius 3 is 2.57 bits per heavy atom. The summed E-state index contributed by atoms with van der Waals surface area (Å²) in [6.07, 6.45) is 2.02. The van der Waals surface area contributed by atoms with Gasteiger partial charge in [0.15, 0.2) is 5.82 Å². The van der Waals surface area contributed by atoms with Crippen LogP contribution in [0.1, 0.15) is 24.5 Å². The third-order valence-electron chi connectivity index (χ3n) is 5.41. The number of nitrogens with one attached hydrogen (secondary N) is 2. The number of ether oxygens (including phenoxy) is 1. The van der Waals surface area contributed by atoms with E-state index < -0.39 is 0 Å². The minimum atomic E-state index is -0.268. The Balaban J connectivity index is 1.59. The lowest BCUT2D eigenvalue weighted by Gasteiger charge is -2.24. The fourth-order valence-electron chi connectivity index (χ4n) is 3.99. The average Bonchev–Trinajstić information content (AvgIpc) is 3.20. The van der Waals surface area contributed by atoms with Gasteiger partial charge in [-0.3, -0.25) is 4.79 Å². The van der Waals surface area contributed by atoms with E-state index in [0.29, 0.717) is 10.9 Å². The van der Waals surface area contributed by atoms with Crippen LogP contribution in [0.5, 0.6) is 11.5 Å². The molecule has 2 aromatic heterocycles. The lowest BCUT2D eigenvalue weighted by atomic mass is 9.94. The van der Waals surface area contributed by atoms with E-state index >= 15 is 0 Å². The number of aromatic amines is 1. The molecule has 8 heteroatoms. The molecule has 152 valence electrons. The second kappa shape index (κ2) is 7.64. The van der Waals surface area contributed by atoms with Crippen LogP contribution in [0.4, 0.5) is 5.82 Å². The molecule has 1 fully saturated rings. The lowest BCUT2D eigenvalue weighted by molar-refractivity contribution is 0.449. The Kier molecular flexibility index (Phi) is 4.68. The van der Waals surface area contributed by atoms with E-state index in [2.05, 4.69) is 20.6 Å². The van der Waals surface area contributed by atoms with Gasteiger partial charge in [0.1, 0.15) is 17.0 Å². The Morgan fingerprint density at radius 2 is 1.83 bits per heavy atom. The first kappa shape index (κ1) is 18.4. The molecule has 0 radical (unpaired) electrons. The summed E-state index contributed by atoms with van der Waals surface area (Å²) in [5, 5.41) is 15.0. The van der Waals surface area contributed by atoms with Crippen LogP contribution in [-0.2, 0) is 0 Å². The van der Waals surface area contributed by atoms with E-state index in [1.165, 1.54) is 0 Å². The van der Waals surface area contributed by atoms with Crippen molar-refractivity contribution < 1.29 is 4.74 Å². The Labute approximate surface area is 172 Å². The fourth-order valence-corrected chi connectivity index (χ4v) is 3.99. The third-order valence-corrected chi connectivity index (χ3v) is 5.41. The number of nitrogen functional groups attached to an aromatic ring is 1. The number of aromatic nitrogens is 4. The molecular formula is C22H22N6O2. The highest BCUT2D eigenvalue weighted by molar-refractivity contribution is 5.89. The van der Waals surface area contributed by atoms with Crippen molar-refractivity contribution in [2.45, 2.75) is 18.8 Å². The summed E-state index contributed by atoms with van der Waals surface area (Å²) < 4.78 is 7.71. The summed E-state index contributed by atoms with van der Waals surface area (Å²) in [4.78, 5) is 12.6. The number of para-hydroxylation sites is 1. The van der Waals surface area contributed by atoms with Gasteiger partial charge < -0.3 is 15.8 Å². The number of H-pyrrole nitrogens is 1. The predicted octanol–water partition coefficient (Wildman–Crippen LogP) is 2.95. The van der Waals surface area contributed by atoms with E-state index in [-0.39, 0.29) is 17.3 Å². The number of anilines is 1. The third kappa shape index (κ3) is 3.31. The van der Waals surface area contributed by atoms with Crippen molar-refractivity contribution in [3.05, 3.63) is 70.6 Å². The summed E-state index contributed by atoms with van der Waals surface area (Å²) >= 11 is 0. The van der Waals surface area contributed by atoms with Crippen LogP contribution >= 0.6 is 0 Å². The van der Waals surface area contributed by atoms with E-state index in [9.17, 15) is 4.79 Å². The molecule has 8 nitrogen and oxygen atoms in total. The Hall–Kier alpha value is -3.65. The minimum absolute atomic E-state index is 0.159. The van der Waals surface area contributed by atoms with Gasteiger partial charge in [0.05, 0.1) is 16.8 Å². The molecule has 0 amide bonds. The predicted molar refractivity (Wildman–Crippen MR) is 115 cm³/mol. The van der Waals surface area contributed by atoms with Gasteiger partial charge in [-0.1, -0.05) is 18.2 Å². The molecule has 1 unspecified atom stereocenters. The number of piperidine rings is 1. The first-order valence-electron chi connectivity index (χ1n) is 10.0.